The van der Waals surface area contributed by atoms with Crippen molar-refractivity contribution < 1.29 is 9.31 Å². The second kappa shape index (κ2) is 6.75. The Morgan fingerprint density at radius 1 is 0.792 bits per heavy atom. The largest absolute Gasteiger partial charge is 0.573 e. The van der Waals surface area contributed by atoms with Crippen molar-refractivity contribution in [2.24, 2.45) is 0 Å². The molecule has 1 aliphatic rings. The minimum absolute atomic E-state index is 0.150. The summed E-state index contributed by atoms with van der Waals surface area (Å²) < 4.78 is 13.3. The molecule has 3 aromatic rings. The summed E-state index contributed by atoms with van der Waals surface area (Å²) in [5, 5.41) is 2.36. The van der Waals surface area contributed by atoms with Gasteiger partial charge in [0.25, 0.3) is 0 Å². The number of halogens is 2. The highest BCUT2D eigenvalue weighted by atomic mass is 79.9. The van der Waals surface area contributed by atoms with Crippen LogP contribution in [0.3, 0.4) is 0 Å². The molecule has 0 spiro atoms. The molecule has 0 aromatic heterocycles. The molecule has 0 saturated carbocycles. The lowest BCUT2D eigenvalue weighted by molar-refractivity contribution is 0.209. The van der Waals surface area contributed by atoms with Crippen LogP contribution in [0.15, 0.2) is 75.7 Å². The predicted molar refractivity (Wildman–Crippen MR) is 104 cm³/mol. The van der Waals surface area contributed by atoms with E-state index in [-0.39, 0.29) is 6.10 Å². The third kappa shape index (κ3) is 3.29. The van der Waals surface area contributed by atoms with Gasteiger partial charge in [0.15, 0.2) is 0 Å². The quantitative estimate of drug-likeness (QED) is 0.451. The summed E-state index contributed by atoms with van der Waals surface area (Å²) >= 11 is 6.96. The summed E-state index contributed by atoms with van der Waals surface area (Å²) in [4.78, 5) is 0. The van der Waals surface area contributed by atoms with Gasteiger partial charge in [0.05, 0.1) is 6.10 Å². The molecule has 0 N–H and O–H groups in total. The molecule has 0 aliphatic carbocycles. The van der Waals surface area contributed by atoms with E-state index in [9.17, 15) is 0 Å². The Morgan fingerprint density at radius 3 is 2.33 bits per heavy atom. The normalized spacial score (nSPS) is 17.1. The van der Waals surface area contributed by atoms with Gasteiger partial charge in [-0.25, -0.2) is 0 Å². The highest BCUT2D eigenvalue weighted by Gasteiger charge is 2.20. The van der Waals surface area contributed by atoms with Crippen LogP contribution < -0.4 is 0 Å². The highest BCUT2D eigenvalue weighted by molar-refractivity contribution is 9.10. The maximum absolute atomic E-state index is 5.61. The molecule has 2 nitrogen and oxygen atoms in total. The van der Waals surface area contributed by atoms with Crippen LogP contribution in [0, 0.1) is 0 Å². The molecule has 0 amide bonds. The van der Waals surface area contributed by atoms with Crippen LogP contribution in [-0.2, 0) is 9.31 Å². The molecule has 1 heterocycles. The van der Waals surface area contributed by atoms with E-state index in [2.05, 4.69) is 62.2 Å². The Labute approximate surface area is 158 Å². The Kier molecular flexibility index (Phi) is 4.48. The van der Waals surface area contributed by atoms with Gasteiger partial charge in [-0.2, -0.15) is 0 Å². The van der Waals surface area contributed by atoms with Gasteiger partial charge < -0.3 is 9.31 Å². The summed E-state index contributed by atoms with van der Waals surface area (Å²) in [5.74, 6) is 0.805. The third-order valence-electron chi connectivity index (χ3n) is 3.97. The number of rotatable bonds is 2. The molecular weight excluding hydrogens is 431 g/mol. The van der Waals surface area contributed by atoms with Gasteiger partial charge in [-0.1, -0.05) is 62.2 Å². The minimum atomic E-state index is -0.150. The first-order valence-electron chi connectivity index (χ1n) is 7.50. The Bertz CT molecular complexity index is 922. The molecule has 5 heteroatoms. The molecule has 1 unspecified atom stereocenters. The number of hydrogen-bond acceptors (Lipinski definition) is 2. The monoisotopic (exact) mass is 441 g/mol. The fourth-order valence-corrected chi connectivity index (χ4v) is 3.36. The number of benzene rings is 3. The molecule has 0 saturated heterocycles. The lowest BCUT2D eigenvalue weighted by atomic mass is 10.0. The van der Waals surface area contributed by atoms with Crippen LogP contribution in [0.4, 0.5) is 0 Å². The summed E-state index contributed by atoms with van der Waals surface area (Å²) in [6.45, 7) is 0. The van der Waals surface area contributed by atoms with Crippen LogP contribution in [0.25, 0.3) is 16.5 Å². The van der Waals surface area contributed by atoms with Gasteiger partial charge in [0.1, 0.15) is 5.76 Å². The molecule has 0 bridgehead atoms. The van der Waals surface area contributed by atoms with Crippen molar-refractivity contribution in [3.63, 3.8) is 0 Å². The van der Waals surface area contributed by atoms with Gasteiger partial charge in [-0.05, 0) is 52.7 Å². The second-order valence-electron chi connectivity index (χ2n) is 5.56. The zero-order valence-corrected chi connectivity index (χ0v) is 15.7. The number of fused-ring (bicyclic) bond motifs is 1. The minimum Gasteiger partial charge on any atom is -0.537 e. The molecule has 4 rings (SSSR count). The van der Waals surface area contributed by atoms with Crippen LogP contribution in [0.5, 0.6) is 0 Å². The molecule has 1 aliphatic heterocycles. The van der Waals surface area contributed by atoms with E-state index in [1.54, 1.807) is 0 Å². The van der Waals surface area contributed by atoms with Gasteiger partial charge in [-0.15, -0.1) is 0 Å². The van der Waals surface area contributed by atoms with E-state index in [4.69, 9.17) is 9.31 Å². The van der Waals surface area contributed by atoms with E-state index in [1.807, 2.05) is 36.4 Å². The average Bonchev–Trinajstić information content (AvgIpc) is 2.62. The van der Waals surface area contributed by atoms with E-state index in [1.165, 1.54) is 18.5 Å². The van der Waals surface area contributed by atoms with Crippen molar-refractivity contribution in [3.8, 4) is 0 Å². The summed E-state index contributed by atoms with van der Waals surface area (Å²) in [7, 11) is 1.41. The van der Waals surface area contributed by atoms with Gasteiger partial charge in [0.2, 0.25) is 0 Å². The van der Waals surface area contributed by atoms with Gasteiger partial charge >= 0.3 is 7.69 Å². The molecule has 0 fully saturated rings. The van der Waals surface area contributed by atoms with Crippen molar-refractivity contribution in [2.45, 2.75) is 6.10 Å². The summed E-state index contributed by atoms with van der Waals surface area (Å²) in [5.41, 5.74) is 2.12. The van der Waals surface area contributed by atoms with Crippen LogP contribution >= 0.6 is 31.9 Å². The number of hydrogen-bond donors (Lipinski definition) is 0. The second-order valence-corrected chi connectivity index (χ2v) is 7.39. The van der Waals surface area contributed by atoms with E-state index in [0.717, 1.165) is 25.8 Å². The molecule has 3 aromatic carbocycles. The first-order valence-corrected chi connectivity index (χ1v) is 9.08. The lowest BCUT2D eigenvalue weighted by Gasteiger charge is -2.22. The van der Waals surface area contributed by atoms with Crippen LogP contribution in [0.2, 0.25) is 0 Å². The Balaban J connectivity index is 1.69. The zero-order valence-electron chi connectivity index (χ0n) is 12.6. The highest BCUT2D eigenvalue weighted by Crippen LogP contribution is 2.31. The zero-order chi connectivity index (χ0) is 16.5. The molecule has 117 valence electrons. The maximum Gasteiger partial charge on any atom is 0.573 e. The first-order chi connectivity index (χ1) is 11.7. The van der Waals surface area contributed by atoms with Crippen molar-refractivity contribution in [1.29, 1.82) is 0 Å². The van der Waals surface area contributed by atoms with Crippen molar-refractivity contribution in [1.82, 2.24) is 0 Å². The third-order valence-corrected chi connectivity index (χ3v) is 4.99. The molecule has 24 heavy (non-hydrogen) atoms. The van der Waals surface area contributed by atoms with E-state index in [0.29, 0.717) is 0 Å². The fraction of sp³-hybridized carbons (Fsp3) is 0.0526. The van der Waals surface area contributed by atoms with E-state index < -0.39 is 0 Å². The van der Waals surface area contributed by atoms with Crippen LogP contribution in [0.1, 0.15) is 17.2 Å². The summed E-state index contributed by atoms with van der Waals surface area (Å²) in [6.07, 6.45) is 1.85. The predicted octanol–water partition coefficient (Wildman–Crippen LogP) is 6.03. The maximum atomic E-state index is 5.61. The average molecular weight is 443 g/mol. The Morgan fingerprint density at radius 2 is 1.50 bits per heavy atom. The molecule has 1 atom stereocenters. The molecular formula is C19H12BBr2O2. The van der Waals surface area contributed by atoms with Gasteiger partial charge in [0, 0.05) is 14.5 Å². The standard InChI is InChI=1S/C19H12BBr2O2/c21-16-6-3-12(4-7-16)18-11-19(24-20-23-18)15-2-1-14-10-17(22)8-5-13(14)9-15/h1-11,18H. The van der Waals surface area contributed by atoms with Crippen molar-refractivity contribution in [2.75, 3.05) is 0 Å². The topological polar surface area (TPSA) is 18.5 Å². The summed E-state index contributed by atoms with van der Waals surface area (Å²) in [6, 6.07) is 20.6. The van der Waals surface area contributed by atoms with E-state index >= 15 is 0 Å². The fourth-order valence-electron chi connectivity index (χ4n) is 2.72. The Hall–Kier alpha value is -1.56. The van der Waals surface area contributed by atoms with Crippen molar-refractivity contribution in [3.05, 3.63) is 86.8 Å². The molecule has 1 radical (unpaired) electrons. The lowest BCUT2D eigenvalue weighted by Crippen LogP contribution is -2.15. The van der Waals surface area contributed by atoms with Crippen molar-refractivity contribution >= 4 is 56.1 Å². The van der Waals surface area contributed by atoms with Gasteiger partial charge in [-0.3, -0.25) is 0 Å². The smallest absolute Gasteiger partial charge is 0.537 e. The SMILES string of the molecule is Brc1ccc(C2C=C(c3ccc4cc(Br)ccc4c3)O[B]O2)cc1. The first kappa shape index (κ1) is 15.9. The van der Waals surface area contributed by atoms with Crippen LogP contribution in [-0.4, -0.2) is 7.69 Å².